The molecule has 124 valence electrons. The zero-order chi connectivity index (χ0) is 17.1. The van der Waals surface area contributed by atoms with E-state index in [4.69, 9.17) is 4.84 Å². The molecule has 6 heteroatoms. The number of carbonyl (C=O) groups excluding carboxylic acids is 1. The first-order valence-corrected chi connectivity index (χ1v) is 7.64. The molecule has 2 aromatic carbocycles. The molecule has 1 heterocycles. The fraction of sp³-hybridized carbons (Fsp3) is 0.222. The molecule has 0 fully saturated rings. The van der Waals surface area contributed by atoms with Gasteiger partial charge in [-0.3, -0.25) is 4.79 Å². The van der Waals surface area contributed by atoms with Crippen molar-refractivity contribution in [1.82, 2.24) is 0 Å². The van der Waals surface area contributed by atoms with Gasteiger partial charge >= 0.3 is 0 Å². The highest BCUT2D eigenvalue weighted by atomic mass is 19.2. The Kier molecular flexibility index (Phi) is 4.55. The van der Waals surface area contributed by atoms with Gasteiger partial charge in [0.25, 0.3) is 5.91 Å². The number of amides is 1. The molecule has 1 amide bonds. The fourth-order valence-corrected chi connectivity index (χ4v) is 2.60. The van der Waals surface area contributed by atoms with Crippen molar-refractivity contribution in [3.63, 3.8) is 0 Å². The van der Waals surface area contributed by atoms with Crippen LogP contribution in [0, 0.1) is 11.6 Å². The van der Waals surface area contributed by atoms with Crippen LogP contribution in [-0.4, -0.2) is 18.2 Å². The minimum absolute atomic E-state index is 0.260. The maximum atomic E-state index is 13.4. The van der Waals surface area contributed by atoms with Crippen molar-refractivity contribution in [3.05, 3.63) is 65.7 Å². The van der Waals surface area contributed by atoms with Crippen LogP contribution in [0.4, 0.5) is 14.5 Å². The van der Waals surface area contributed by atoms with Crippen LogP contribution in [0.25, 0.3) is 0 Å². The number of anilines is 1. The molecule has 3 rings (SSSR count). The second kappa shape index (κ2) is 6.78. The highest BCUT2D eigenvalue weighted by molar-refractivity contribution is 6.43. The molecular weight excluding hydrogens is 314 g/mol. The second-order valence-corrected chi connectivity index (χ2v) is 5.39. The van der Waals surface area contributed by atoms with E-state index in [1.807, 2.05) is 30.3 Å². The highest BCUT2D eigenvalue weighted by Gasteiger charge is 2.30. The number of halogens is 2. The summed E-state index contributed by atoms with van der Waals surface area (Å²) in [4.78, 5) is 19.3. The molecule has 24 heavy (non-hydrogen) atoms. The van der Waals surface area contributed by atoms with E-state index < -0.39 is 11.6 Å². The van der Waals surface area contributed by atoms with Crippen molar-refractivity contribution in [2.45, 2.75) is 19.4 Å². The van der Waals surface area contributed by atoms with Gasteiger partial charge in [0.05, 0.1) is 0 Å². The van der Waals surface area contributed by atoms with Gasteiger partial charge in [0.2, 0.25) is 0 Å². The van der Waals surface area contributed by atoms with Crippen molar-refractivity contribution in [2.24, 2.45) is 5.16 Å². The first-order valence-electron chi connectivity index (χ1n) is 7.64. The van der Waals surface area contributed by atoms with E-state index in [1.54, 1.807) is 6.92 Å². The molecule has 1 unspecified atom stereocenters. The lowest BCUT2D eigenvalue weighted by Crippen LogP contribution is -2.36. The summed E-state index contributed by atoms with van der Waals surface area (Å²) in [7, 11) is 0. The number of rotatable bonds is 4. The number of carbonyl (C=O) groups is 1. The largest absolute Gasteiger partial charge is 0.387 e. The first-order chi connectivity index (χ1) is 11.6. The quantitative estimate of drug-likeness (QED) is 0.855. The molecule has 0 saturated carbocycles. The van der Waals surface area contributed by atoms with E-state index in [1.165, 1.54) is 11.0 Å². The molecule has 0 radical (unpaired) electrons. The number of hydrogen-bond acceptors (Lipinski definition) is 3. The number of hydrogen-bond donors (Lipinski definition) is 0. The van der Waals surface area contributed by atoms with Crippen LogP contribution in [0.5, 0.6) is 0 Å². The third-order valence-corrected chi connectivity index (χ3v) is 3.86. The van der Waals surface area contributed by atoms with Gasteiger partial charge < -0.3 is 9.74 Å². The average molecular weight is 330 g/mol. The zero-order valence-electron chi connectivity index (χ0n) is 13.1. The van der Waals surface area contributed by atoms with Crippen LogP contribution >= 0.6 is 0 Å². The van der Waals surface area contributed by atoms with E-state index in [0.717, 1.165) is 17.7 Å². The Morgan fingerprint density at radius 2 is 1.96 bits per heavy atom. The summed E-state index contributed by atoms with van der Waals surface area (Å²) in [5.41, 5.74) is 1.47. The topological polar surface area (TPSA) is 41.9 Å². The molecule has 0 spiro atoms. The summed E-state index contributed by atoms with van der Waals surface area (Å²) < 4.78 is 26.5. The summed E-state index contributed by atoms with van der Waals surface area (Å²) in [6, 6.07) is 12.8. The Hall–Kier alpha value is -2.76. The lowest BCUT2D eigenvalue weighted by molar-refractivity contribution is -0.112. The Morgan fingerprint density at radius 1 is 1.21 bits per heavy atom. The molecule has 0 saturated heterocycles. The van der Waals surface area contributed by atoms with Crippen LogP contribution in [0.1, 0.15) is 25.0 Å². The van der Waals surface area contributed by atoms with Crippen molar-refractivity contribution >= 4 is 17.3 Å². The molecule has 2 aromatic rings. The maximum absolute atomic E-state index is 13.4. The summed E-state index contributed by atoms with van der Waals surface area (Å²) in [5.74, 6) is -2.32. The van der Waals surface area contributed by atoms with Crippen molar-refractivity contribution < 1.29 is 18.4 Å². The summed E-state index contributed by atoms with van der Waals surface area (Å²) in [6.45, 7) is 2.06. The predicted molar refractivity (Wildman–Crippen MR) is 86.7 cm³/mol. The average Bonchev–Trinajstić information content (AvgIpc) is 3.09. The molecule has 1 aliphatic rings. The van der Waals surface area contributed by atoms with E-state index in [0.29, 0.717) is 13.0 Å². The normalized spacial score (nSPS) is 16.5. The maximum Gasteiger partial charge on any atom is 0.276 e. The van der Waals surface area contributed by atoms with Crippen LogP contribution in [0.3, 0.4) is 0 Å². The molecule has 1 aliphatic heterocycles. The Morgan fingerprint density at radius 3 is 2.62 bits per heavy atom. The van der Waals surface area contributed by atoms with Gasteiger partial charge in [-0.25, -0.2) is 8.78 Å². The van der Waals surface area contributed by atoms with Crippen molar-refractivity contribution in [1.29, 1.82) is 0 Å². The number of oxime groups is 1. The third-order valence-electron chi connectivity index (χ3n) is 3.86. The monoisotopic (exact) mass is 330 g/mol. The van der Waals surface area contributed by atoms with Crippen molar-refractivity contribution in [3.8, 4) is 0 Å². The summed E-state index contributed by atoms with van der Waals surface area (Å²) >= 11 is 0. The van der Waals surface area contributed by atoms with Gasteiger partial charge in [0.15, 0.2) is 17.7 Å². The fourth-order valence-electron chi connectivity index (χ4n) is 2.60. The van der Waals surface area contributed by atoms with E-state index in [9.17, 15) is 13.6 Å². The first kappa shape index (κ1) is 16.1. The summed E-state index contributed by atoms with van der Waals surface area (Å²) in [5, 5.41) is 3.89. The van der Waals surface area contributed by atoms with E-state index in [-0.39, 0.29) is 23.4 Å². The van der Waals surface area contributed by atoms with Crippen LogP contribution in [-0.2, 0) is 9.63 Å². The number of nitrogens with zero attached hydrogens (tertiary/aromatic N) is 2. The highest BCUT2D eigenvalue weighted by Crippen LogP contribution is 2.28. The Labute approximate surface area is 138 Å². The van der Waals surface area contributed by atoms with Crippen molar-refractivity contribution in [2.75, 3.05) is 11.4 Å². The molecular formula is C18H16F2N2O2. The molecule has 0 aromatic heterocycles. The molecule has 0 aliphatic carbocycles. The minimum Gasteiger partial charge on any atom is -0.387 e. The second-order valence-electron chi connectivity index (χ2n) is 5.39. The molecule has 4 nitrogen and oxygen atoms in total. The van der Waals surface area contributed by atoms with E-state index in [2.05, 4.69) is 5.16 Å². The zero-order valence-corrected chi connectivity index (χ0v) is 13.1. The van der Waals surface area contributed by atoms with Gasteiger partial charge in [-0.05, 0) is 24.6 Å². The van der Waals surface area contributed by atoms with Gasteiger partial charge in [-0.15, -0.1) is 0 Å². The van der Waals surface area contributed by atoms with Crippen LogP contribution in [0.15, 0.2) is 53.7 Å². The van der Waals surface area contributed by atoms with Crippen LogP contribution in [0.2, 0.25) is 0 Å². The smallest absolute Gasteiger partial charge is 0.276 e. The summed E-state index contributed by atoms with van der Waals surface area (Å²) in [6.07, 6.45) is 0.0250. The predicted octanol–water partition coefficient (Wildman–Crippen LogP) is 3.84. The number of benzene rings is 2. The molecule has 0 bridgehead atoms. The third kappa shape index (κ3) is 3.13. The lowest BCUT2D eigenvalue weighted by Gasteiger charge is -2.20. The van der Waals surface area contributed by atoms with Gasteiger partial charge in [0, 0.05) is 24.7 Å². The lowest BCUT2D eigenvalue weighted by atomic mass is 10.0. The van der Waals surface area contributed by atoms with Crippen LogP contribution < -0.4 is 4.90 Å². The van der Waals surface area contributed by atoms with Gasteiger partial charge in [0.1, 0.15) is 5.71 Å². The molecule has 1 atom stereocenters. The van der Waals surface area contributed by atoms with Gasteiger partial charge in [-0.1, -0.05) is 35.5 Å². The Bertz CT molecular complexity index is 778. The standard InChI is InChI=1S/C18H16F2N2O2/c1-2-22(13-8-9-14(19)15(20)10-13)18(23)16-11-17(24-21-16)12-6-4-3-5-7-12/h3-10,17H,2,11H2,1H3. The molecule has 0 N–H and O–H groups in total. The Balaban J connectivity index is 1.76. The minimum atomic E-state index is -0.995. The SMILES string of the molecule is CCN(C(=O)C1=NOC(c2ccccc2)C1)c1ccc(F)c(F)c1. The van der Waals surface area contributed by atoms with Gasteiger partial charge in [-0.2, -0.15) is 0 Å². The van der Waals surface area contributed by atoms with E-state index >= 15 is 0 Å².